The van der Waals surface area contributed by atoms with Gasteiger partial charge in [0.25, 0.3) is 0 Å². The number of hydrogen-bond donors (Lipinski definition) is 0. The third-order valence-electron chi connectivity index (χ3n) is 2.89. The van der Waals surface area contributed by atoms with Gasteiger partial charge in [0.05, 0.1) is 5.25 Å². The van der Waals surface area contributed by atoms with Crippen molar-refractivity contribution in [3.05, 3.63) is 64.5 Å². The summed E-state index contributed by atoms with van der Waals surface area (Å²) in [5.74, 6) is 0. The molecule has 0 saturated carbocycles. The molecular weight excluding hydrogens is 286 g/mol. The first-order valence-corrected chi connectivity index (χ1v) is 7.53. The van der Waals surface area contributed by atoms with E-state index in [0.29, 0.717) is 15.3 Å². The van der Waals surface area contributed by atoms with Crippen LogP contribution in [0.4, 0.5) is 0 Å². The molecular formula is C13H12ClNO3S. The zero-order chi connectivity index (χ0) is 14.0. The molecule has 1 aromatic carbocycles. The van der Waals surface area contributed by atoms with E-state index in [0.717, 1.165) is 6.20 Å². The Kier molecular flexibility index (Phi) is 3.78. The van der Waals surface area contributed by atoms with Gasteiger partial charge in [-0.15, -0.1) is 0 Å². The van der Waals surface area contributed by atoms with Crippen molar-refractivity contribution in [3.63, 3.8) is 0 Å². The van der Waals surface area contributed by atoms with Gasteiger partial charge in [0, 0.05) is 17.2 Å². The summed E-state index contributed by atoms with van der Waals surface area (Å²) in [6, 6.07) is 11.0. The summed E-state index contributed by atoms with van der Waals surface area (Å²) >= 11 is 6.00. The first-order chi connectivity index (χ1) is 8.94. The fourth-order valence-electron chi connectivity index (χ4n) is 1.79. The monoisotopic (exact) mass is 297 g/mol. The number of nitrogens with zero attached hydrogens (tertiary/aromatic N) is 1. The van der Waals surface area contributed by atoms with Gasteiger partial charge in [-0.05, 0) is 24.6 Å². The van der Waals surface area contributed by atoms with Crippen molar-refractivity contribution in [2.45, 2.75) is 17.2 Å². The Hall–Kier alpha value is -1.59. The Morgan fingerprint density at radius 2 is 1.79 bits per heavy atom. The average molecular weight is 298 g/mol. The van der Waals surface area contributed by atoms with Crippen molar-refractivity contribution >= 4 is 21.4 Å². The van der Waals surface area contributed by atoms with Crippen LogP contribution >= 0.6 is 11.6 Å². The van der Waals surface area contributed by atoms with Crippen LogP contribution in [0.25, 0.3) is 0 Å². The van der Waals surface area contributed by atoms with Crippen LogP contribution in [0.3, 0.4) is 0 Å². The highest BCUT2D eigenvalue weighted by Gasteiger charge is 2.32. The molecule has 0 aliphatic heterocycles. The van der Waals surface area contributed by atoms with Gasteiger partial charge in [-0.1, -0.05) is 29.8 Å². The summed E-state index contributed by atoms with van der Waals surface area (Å²) in [5, 5.41) is 10.8. The molecule has 4 nitrogen and oxygen atoms in total. The first kappa shape index (κ1) is 13.8. The topological polar surface area (TPSA) is 61.1 Å². The van der Waals surface area contributed by atoms with Crippen LogP contribution in [-0.4, -0.2) is 8.42 Å². The van der Waals surface area contributed by atoms with Gasteiger partial charge in [-0.25, -0.2) is 8.42 Å². The smallest absolute Gasteiger partial charge is 0.309 e. The molecule has 6 heteroatoms. The van der Waals surface area contributed by atoms with Crippen LogP contribution in [0.5, 0.6) is 0 Å². The molecule has 1 atom stereocenters. The number of hydrogen-bond acceptors (Lipinski definition) is 3. The van der Waals surface area contributed by atoms with Crippen molar-refractivity contribution in [1.82, 2.24) is 0 Å². The molecule has 1 heterocycles. The Morgan fingerprint density at radius 1 is 1.16 bits per heavy atom. The quantitative estimate of drug-likeness (QED) is 0.646. The number of benzene rings is 1. The van der Waals surface area contributed by atoms with Gasteiger partial charge in [0.2, 0.25) is 9.84 Å². The molecule has 0 aliphatic carbocycles. The Labute approximate surface area is 116 Å². The minimum atomic E-state index is -3.78. The van der Waals surface area contributed by atoms with E-state index in [1.54, 1.807) is 24.3 Å². The zero-order valence-corrected chi connectivity index (χ0v) is 11.7. The summed E-state index contributed by atoms with van der Waals surface area (Å²) < 4.78 is 25.2. The van der Waals surface area contributed by atoms with Gasteiger partial charge < -0.3 is 5.21 Å². The SMILES string of the molecule is CC(c1ccccc1Cl)S(=O)(=O)c1cccc[n+]1[O-]. The second kappa shape index (κ2) is 5.19. The molecule has 2 rings (SSSR count). The Balaban J connectivity index is 2.52. The van der Waals surface area contributed by atoms with E-state index in [4.69, 9.17) is 11.6 Å². The molecule has 0 N–H and O–H groups in total. The lowest BCUT2D eigenvalue weighted by Gasteiger charge is -2.13. The van der Waals surface area contributed by atoms with Gasteiger partial charge >= 0.3 is 5.03 Å². The summed E-state index contributed by atoms with van der Waals surface area (Å²) in [6.07, 6.45) is 1.16. The highest BCUT2D eigenvalue weighted by molar-refractivity contribution is 7.91. The lowest BCUT2D eigenvalue weighted by Crippen LogP contribution is -2.34. The van der Waals surface area contributed by atoms with Gasteiger partial charge in [-0.2, -0.15) is 4.73 Å². The Bertz CT molecular complexity index is 701. The van der Waals surface area contributed by atoms with E-state index >= 15 is 0 Å². The normalized spacial score (nSPS) is 13.2. The molecule has 1 unspecified atom stereocenters. The number of pyridine rings is 1. The molecule has 19 heavy (non-hydrogen) atoms. The molecule has 2 aromatic rings. The molecule has 1 aromatic heterocycles. The van der Waals surface area contributed by atoms with E-state index in [-0.39, 0.29) is 5.03 Å². The van der Waals surface area contributed by atoms with Gasteiger partial charge in [0.15, 0.2) is 6.20 Å². The van der Waals surface area contributed by atoms with Crippen molar-refractivity contribution in [2.24, 2.45) is 0 Å². The molecule has 0 bridgehead atoms. The third-order valence-corrected chi connectivity index (χ3v) is 5.32. The Morgan fingerprint density at radius 3 is 2.42 bits per heavy atom. The molecule has 0 fully saturated rings. The highest BCUT2D eigenvalue weighted by Crippen LogP contribution is 2.31. The first-order valence-electron chi connectivity index (χ1n) is 5.61. The van der Waals surface area contributed by atoms with E-state index in [9.17, 15) is 13.6 Å². The zero-order valence-electron chi connectivity index (χ0n) is 10.2. The lowest BCUT2D eigenvalue weighted by molar-refractivity contribution is -0.646. The fraction of sp³-hybridized carbons (Fsp3) is 0.154. The minimum Gasteiger partial charge on any atom is -0.618 e. The molecule has 0 spiro atoms. The van der Waals surface area contributed by atoms with Crippen LogP contribution in [0, 0.1) is 5.21 Å². The summed E-state index contributed by atoms with van der Waals surface area (Å²) in [4.78, 5) is 0. The highest BCUT2D eigenvalue weighted by atomic mass is 35.5. The standard InChI is InChI=1S/C13H12ClNO3S/c1-10(11-6-2-3-7-12(11)14)19(17,18)13-8-4-5-9-15(13)16/h2-10H,1H3. The largest absolute Gasteiger partial charge is 0.618 e. The van der Waals surface area contributed by atoms with Crippen LogP contribution in [0.1, 0.15) is 17.7 Å². The maximum Gasteiger partial charge on any atom is 0.309 e. The summed E-state index contributed by atoms with van der Waals surface area (Å²) in [6.45, 7) is 1.52. The number of halogens is 1. The summed E-state index contributed by atoms with van der Waals surface area (Å²) in [5.41, 5.74) is 0.480. The van der Waals surface area contributed by atoms with Crippen molar-refractivity contribution in [1.29, 1.82) is 0 Å². The third kappa shape index (κ3) is 2.57. The molecule has 0 radical (unpaired) electrons. The van der Waals surface area contributed by atoms with E-state index in [2.05, 4.69) is 0 Å². The molecule has 100 valence electrons. The predicted molar refractivity (Wildman–Crippen MR) is 72.5 cm³/mol. The number of sulfone groups is 1. The van der Waals surface area contributed by atoms with Gasteiger partial charge in [0.1, 0.15) is 0 Å². The molecule has 0 aliphatic rings. The van der Waals surface area contributed by atoms with Crippen molar-refractivity contribution in [2.75, 3.05) is 0 Å². The van der Waals surface area contributed by atoms with Crippen molar-refractivity contribution in [3.8, 4) is 0 Å². The maximum atomic E-state index is 12.4. The second-order valence-corrected chi connectivity index (χ2v) is 6.70. The van der Waals surface area contributed by atoms with E-state index in [1.807, 2.05) is 0 Å². The molecule has 0 amide bonds. The van der Waals surface area contributed by atoms with Crippen LogP contribution in [0.15, 0.2) is 53.7 Å². The molecule has 0 saturated heterocycles. The maximum absolute atomic E-state index is 12.4. The van der Waals surface area contributed by atoms with E-state index in [1.165, 1.54) is 25.1 Å². The van der Waals surface area contributed by atoms with Crippen LogP contribution < -0.4 is 4.73 Å². The lowest BCUT2D eigenvalue weighted by atomic mass is 10.2. The minimum absolute atomic E-state index is 0.276. The number of aromatic nitrogens is 1. The van der Waals surface area contributed by atoms with Crippen LogP contribution in [0.2, 0.25) is 5.02 Å². The van der Waals surface area contributed by atoms with Gasteiger partial charge in [-0.3, -0.25) is 0 Å². The predicted octanol–water partition coefficient (Wildman–Crippen LogP) is 2.51. The second-order valence-electron chi connectivity index (χ2n) is 4.07. The average Bonchev–Trinajstić information content (AvgIpc) is 2.39. The number of rotatable bonds is 3. The van der Waals surface area contributed by atoms with Crippen molar-refractivity contribution < 1.29 is 13.1 Å². The summed E-state index contributed by atoms with van der Waals surface area (Å²) in [7, 11) is -3.78. The van der Waals surface area contributed by atoms with E-state index < -0.39 is 15.1 Å². The fourth-order valence-corrected chi connectivity index (χ4v) is 3.63. The van der Waals surface area contributed by atoms with Crippen LogP contribution in [-0.2, 0) is 9.84 Å².